The SMILES string of the molecule is C=C1CC(C)(C)[C@H]2[C@H](O)[C@]34OC[C@]2(C1=O)[C@@H]1CC[C@H]2C(=C)C(=O)[C@]13[C@@H]2OC(C)(C)O4. The fourth-order valence-electron chi connectivity index (χ4n) is 8.77. The van der Waals surface area contributed by atoms with E-state index < -0.39 is 34.6 Å². The molecule has 8 atom stereocenters. The van der Waals surface area contributed by atoms with Crippen LogP contribution in [0.25, 0.3) is 0 Å². The first-order valence-electron chi connectivity index (χ1n) is 11.0. The van der Waals surface area contributed by atoms with Crippen molar-refractivity contribution in [1.29, 1.82) is 0 Å². The number of rotatable bonds is 0. The molecular weight excluding hydrogens is 384 g/mol. The molecule has 0 amide bonds. The maximum atomic E-state index is 13.9. The molecule has 6 heteroatoms. The first kappa shape index (κ1) is 19.4. The van der Waals surface area contributed by atoms with E-state index in [1.165, 1.54) is 0 Å². The van der Waals surface area contributed by atoms with Crippen molar-refractivity contribution in [1.82, 2.24) is 0 Å². The van der Waals surface area contributed by atoms with Crippen molar-refractivity contribution in [2.45, 2.75) is 70.7 Å². The lowest BCUT2D eigenvalue weighted by Crippen LogP contribution is -2.88. The maximum absolute atomic E-state index is 13.9. The van der Waals surface area contributed by atoms with Gasteiger partial charge in [-0.2, -0.15) is 0 Å². The number of Topliss-reactive ketones (excluding diaryl/α,β-unsaturated/α-hetero) is 2. The highest BCUT2D eigenvalue weighted by Crippen LogP contribution is 2.78. The van der Waals surface area contributed by atoms with Gasteiger partial charge in [0.2, 0.25) is 5.79 Å². The topological polar surface area (TPSA) is 82.1 Å². The molecule has 30 heavy (non-hydrogen) atoms. The van der Waals surface area contributed by atoms with Gasteiger partial charge >= 0.3 is 0 Å². The van der Waals surface area contributed by atoms with Crippen molar-refractivity contribution < 1.29 is 28.9 Å². The number of hydrogen-bond acceptors (Lipinski definition) is 6. The molecule has 0 aromatic carbocycles. The molecule has 3 saturated heterocycles. The molecule has 7 rings (SSSR count). The van der Waals surface area contributed by atoms with Gasteiger partial charge < -0.3 is 19.3 Å². The Hall–Kier alpha value is -1.34. The first-order chi connectivity index (χ1) is 13.9. The lowest BCUT2D eigenvalue weighted by molar-refractivity contribution is -0.523. The Labute approximate surface area is 176 Å². The van der Waals surface area contributed by atoms with Crippen molar-refractivity contribution in [3.05, 3.63) is 24.3 Å². The second-order valence-corrected chi connectivity index (χ2v) is 11.5. The van der Waals surface area contributed by atoms with Crippen LogP contribution >= 0.6 is 0 Å². The third kappa shape index (κ3) is 1.63. The van der Waals surface area contributed by atoms with Crippen LogP contribution in [0.4, 0.5) is 0 Å². The number of fused-ring (bicyclic) bond motifs is 1. The van der Waals surface area contributed by atoms with Crippen LogP contribution < -0.4 is 0 Å². The van der Waals surface area contributed by atoms with Crippen molar-refractivity contribution >= 4 is 11.6 Å². The number of allylic oxidation sites excluding steroid dienone is 1. The lowest BCUT2D eigenvalue weighted by Gasteiger charge is -2.76. The standard InChI is InChI=1S/C24H30O6/c1-11-9-20(3,4)15-18(27)24-23-14(22(15,10-28-24)16(11)25)8-7-13(12(2)17(23)26)19(23)29-21(5,6)30-24/h13-15,18-19,27H,1-2,7-10H2,3-6H3/t13-,14-,15+,18-,19+,22-,23-,24+/m0/s1. The minimum absolute atomic E-state index is 0.0640. The van der Waals surface area contributed by atoms with Crippen molar-refractivity contribution in [2.75, 3.05) is 6.61 Å². The molecule has 0 aromatic heterocycles. The predicted octanol–water partition coefficient (Wildman–Crippen LogP) is 2.55. The summed E-state index contributed by atoms with van der Waals surface area (Å²) in [6, 6.07) is 0. The van der Waals surface area contributed by atoms with Crippen LogP contribution in [0.5, 0.6) is 0 Å². The normalized spacial score (nSPS) is 54.8. The van der Waals surface area contributed by atoms with Gasteiger partial charge in [0.25, 0.3) is 0 Å². The van der Waals surface area contributed by atoms with Crippen molar-refractivity contribution in [2.24, 2.45) is 34.0 Å². The summed E-state index contributed by atoms with van der Waals surface area (Å²) in [6.07, 6.45) is 0.284. The summed E-state index contributed by atoms with van der Waals surface area (Å²) in [5, 5.41) is 12.0. The van der Waals surface area contributed by atoms with Crippen LogP contribution in [-0.4, -0.2) is 47.1 Å². The van der Waals surface area contributed by atoms with Gasteiger partial charge in [0.05, 0.1) is 18.1 Å². The highest BCUT2D eigenvalue weighted by Gasteiger charge is 2.90. The van der Waals surface area contributed by atoms with Gasteiger partial charge in [0.15, 0.2) is 17.4 Å². The third-order valence-corrected chi connectivity index (χ3v) is 9.29. The monoisotopic (exact) mass is 414 g/mol. The largest absolute Gasteiger partial charge is 0.387 e. The highest BCUT2D eigenvalue weighted by molar-refractivity contribution is 6.08. The molecule has 3 aliphatic heterocycles. The summed E-state index contributed by atoms with van der Waals surface area (Å²) in [7, 11) is 0. The van der Waals surface area contributed by atoms with E-state index in [1.807, 2.05) is 0 Å². The van der Waals surface area contributed by atoms with Gasteiger partial charge in [-0.05, 0) is 55.6 Å². The fourth-order valence-corrected chi connectivity index (χ4v) is 8.77. The third-order valence-electron chi connectivity index (χ3n) is 9.29. The number of carbonyl (C=O) groups excluding carboxylic acids is 2. The minimum atomic E-state index is -1.54. The molecular formula is C24H30O6. The number of aliphatic hydroxyl groups excluding tert-OH is 1. The lowest BCUT2D eigenvalue weighted by atomic mass is 9.35. The van der Waals surface area contributed by atoms with Crippen LogP contribution in [0.15, 0.2) is 24.3 Å². The van der Waals surface area contributed by atoms with Crippen molar-refractivity contribution in [3.8, 4) is 0 Å². The molecule has 3 spiro atoms. The summed E-state index contributed by atoms with van der Waals surface area (Å²) in [6.45, 7) is 16.1. The number of aliphatic hydroxyl groups is 1. The summed E-state index contributed by atoms with van der Waals surface area (Å²) in [5.41, 5.74) is -1.57. The average Bonchev–Trinajstić information content (AvgIpc) is 2.76. The van der Waals surface area contributed by atoms with E-state index in [1.54, 1.807) is 13.8 Å². The molecule has 0 aromatic rings. The Bertz CT molecular complexity index is 947. The molecule has 0 radical (unpaired) electrons. The molecule has 4 saturated carbocycles. The zero-order valence-electron chi connectivity index (χ0n) is 18.1. The van der Waals surface area contributed by atoms with Gasteiger partial charge in [-0.1, -0.05) is 27.0 Å². The van der Waals surface area contributed by atoms with Crippen LogP contribution in [0, 0.1) is 34.0 Å². The van der Waals surface area contributed by atoms with Crippen LogP contribution in [-0.2, 0) is 23.8 Å². The average molecular weight is 414 g/mol. The fraction of sp³-hybridized carbons (Fsp3) is 0.750. The summed E-state index contributed by atoms with van der Waals surface area (Å²) >= 11 is 0. The molecule has 7 fully saturated rings. The molecule has 1 N–H and O–H groups in total. The quantitative estimate of drug-likeness (QED) is 0.614. The first-order valence-corrected chi connectivity index (χ1v) is 11.0. The summed E-state index contributed by atoms with van der Waals surface area (Å²) in [5.74, 6) is -3.67. The predicted molar refractivity (Wildman–Crippen MR) is 106 cm³/mol. The Morgan fingerprint density at radius 1 is 1.07 bits per heavy atom. The number of ether oxygens (including phenoxy) is 3. The van der Waals surface area contributed by atoms with Gasteiger partial charge in [0, 0.05) is 11.8 Å². The molecule has 4 bridgehead atoms. The number of ketones is 2. The zero-order chi connectivity index (χ0) is 21.6. The van der Waals surface area contributed by atoms with E-state index >= 15 is 0 Å². The van der Waals surface area contributed by atoms with Crippen LogP contribution in [0.1, 0.15) is 47.0 Å². The van der Waals surface area contributed by atoms with E-state index in [4.69, 9.17) is 14.2 Å². The molecule has 162 valence electrons. The number of carbonyl (C=O) groups is 2. The number of hydrogen-bond donors (Lipinski definition) is 1. The maximum Gasteiger partial charge on any atom is 0.213 e. The van der Waals surface area contributed by atoms with E-state index in [2.05, 4.69) is 27.0 Å². The smallest absolute Gasteiger partial charge is 0.213 e. The van der Waals surface area contributed by atoms with Gasteiger partial charge in [0.1, 0.15) is 11.5 Å². The Morgan fingerprint density at radius 2 is 1.77 bits per heavy atom. The molecule has 7 aliphatic rings. The second-order valence-electron chi connectivity index (χ2n) is 11.5. The van der Waals surface area contributed by atoms with Crippen LogP contribution in [0.3, 0.4) is 0 Å². The Morgan fingerprint density at radius 3 is 2.47 bits per heavy atom. The van der Waals surface area contributed by atoms with E-state index in [0.29, 0.717) is 24.0 Å². The minimum Gasteiger partial charge on any atom is -0.387 e. The summed E-state index contributed by atoms with van der Waals surface area (Å²) < 4.78 is 19.2. The van der Waals surface area contributed by atoms with E-state index in [0.717, 1.165) is 6.42 Å². The Balaban J connectivity index is 1.70. The Kier molecular flexibility index (Phi) is 3.23. The van der Waals surface area contributed by atoms with E-state index in [-0.39, 0.29) is 41.3 Å². The molecule has 4 aliphatic carbocycles. The van der Waals surface area contributed by atoms with Crippen LogP contribution in [0.2, 0.25) is 0 Å². The molecule has 3 heterocycles. The van der Waals surface area contributed by atoms with E-state index in [9.17, 15) is 14.7 Å². The second kappa shape index (κ2) is 5.01. The van der Waals surface area contributed by atoms with Crippen molar-refractivity contribution in [3.63, 3.8) is 0 Å². The van der Waals surface area contributed by atoms with Gasteiger partial charge in [-0.3, -0.25) is 9.59 Å². The molecule has 0 unspecified atom stereocenters. The van der Waals surface area contributed by atoms with Gasteiger partial charge in [-0.25, -0.2) is 0 Å². The highest BCUT2D eigenvalue weighted by atomic mass is 16.8. The molecule has 6 nitrogen and oxygen atoms in total. The summed E-state index contributed by atoms with van der Waals surface area (Å²) in [4.78, 5) is 27.8. The van der Waals surface area contributed by atoms with Gasteiger partial charge in [-0.15, -0.1) is 0 Å². The zero-order valence-corrected chi connectivity index (χ0v) is 18.1.